The van der Waals surface area contributed by atoms with E-state index in [0.717, 1.165) is 48.1 Å². The van der Waals surface area contributed by atoms with Crippen LogP contribution in [0.2, 0.25) is 0 Å². The van der Waals surface area contributed by atoms with Gasteiger partial charge in [-0.2, -0.15) is 0 Å². The Labute approximate surface area is 296 Å². The Morgan fingerprint density at radius 3 is 1.83 bits per heavy atom. The van der Waals surface area contributed by atoms with Crippen LogP contribution >= 0.6 is 7.82 Å². The van der Waals surface area contributed by atoms with Gasteiger partial charge in [-0.05, 0) is 56.6 Å². The van der Waals surface area contributed by atoms with E-state index in [9.17, 15) is 14.3 Å². The van der Waals surface area contributed by atoms with Gasteiger partial charge in [0.2, 0.25) is 0 Å². The number of phosphoric acid groups is 1. The van der Waals surface area contributed by atoms with Gasteiger partial charge in [0.25, 0.3) is 0 Å². The maximum absolute atomic E-state index is 12.6. The lowest BCUT2D eigenvalue weighted by atomic mass is 9.93. The van der Waals surface area contributed by atoms with Gasteiger partial charge < -0.3 is 14.1 Å². The Morgan fingerprint density at radius 1 is 0.729 bits per heavy atom. The Morgan fingerprint density at radius 2 is 1.27 bits per heavy atom. The molecule has 7 nitrogen and oxygen atoms in total. The summed E-state index contributed by atoms with van der Waals surface area (Å²) >= 11 is 0. The van der Waals surface area contributed by atoms with Gasteiger partial charge in [-0.1, -0.05) is 128 Å². The fourth-order valence-electron chi connectivity index (χ4n) is 6.07. The predicted octanol–water partition coefficient (Wildman–Crippen LogP) is 11.3. The van der Waals surface area contributed by atoms with Crippen molar-refractivity contribution >= 4 is 13.6 Å². The molecule has 0 saturated carbocycles. The van der Waals surface area contributed by atoms with E-state index >= 15 is 0 Å². The number of para-hydroxylation sites is 1. The molecule has 2 atom stereocenters. The maximum Gasteiger partial charge on any atom is 0.472 e. The molecule has 1 aromatic carbocycles. The Hall–Kier alpha value is -1.24. The quantitative estimate of drug-likeness (QED) is 0.0439. The standard InChI is InChI=1S/C40H74NO6P/c1-6-9-10-11-12-13-14-15-16-17-18-19-20-21-22-26-32-45-40-30-24-23-29-38(40)34-37(35-39(42)28-7-2)36-47-48(43,44)46-33-27-25-31-41(4,5)8-3/h23-24,29-30,37H,6-22,25-28,31-36H2,1-5H3/p+1. The molecule has 0 aromatic heterocycles. The van der Waals surface area contributed by atoms with Crippen molar-refractivity contribution < 1.29 is 32.5 Å². The second kappa shape index (κ2) is 28.5. The van der Waals surface area contributed by atoms with E-state index in [2.05, 4.69) is 27.9 Å². The van der Waals surface area contributed by atoms with E-state index in [0.29, 0.717) is 32.3 Å². The number of carbonyl (C=O) groups excluding carboxylic acids is 1. The highest BCUT2D eigenvalue weighted by molar-refractivity contribution is 7.47. The number of quaternary nitrogens is 1. The van der Waals surface area contributed by atoms with Gasteiger partial charge in [0.15, 0.2) is 0 Å². The molecule has 0 heterocycles. The van der Waals surface area contributed by atoms with Crippen LogP contribution in [0.5, 0.6) is 5.75 Å². The zero-order valence-electron chi connectivity index (χ0n) is 31.9. The lowest BCUT2D eigenvalue weighted by molar-refractivity contribution is -0.888. The Kier molecular flexibility index (Phi) is 26.5. The summed E-state index contributed by atoms with van der Waals surface area (Å²) in [6.45, 7) is 9.26. The minimum Gasteiger partial charge on any atom is -0.493 e. The first kappa shape index (κ1) is 44.8. The summed E-state index contributed by atoms with van der Waals surface area (Å²) in [4.78, 5) is 22.9. The summed E-state index contributed by atoms with van der Waals surface area (Å²) in [5, 5.41) is 0. The lowest BCUT2D eigenvalue weighted by Gasteiger charge is -2.28. The minimum atomic E-state index is -4.21. The molecule has 0 spiro atoms. The van der Waals surface area contributed by atoms with Crippen LogP contribution in [0.3, 0.4) is 0 Å². The molecular formula is C40H75NO6P+. The molecule has 0 aliphatic rings. The molecule has 8 heteroatoms. The number of phosphoric ester groups is 1. The van der Waals surface area contributed by atoms with Gasteiger partial charge >= 0.3 is 7.82 Å². The number of benzene rings is 1. The van der Waals surface area contributed by atoms with Crippen molar-refractivity contribution in [3.8, 4) is 5.75 Å². The number of unbranched alkanes of at least 4 members (excludes halogenated alkanes) is 16. The Bertz CT molecular complexity index is 971. The SMILES string of the molecule is CCCCCCCCCCCCCCCCCCOc1ccccc1CC(COP(=O)(O)OCCCC[N+](C)(C)CC)CC(=O)CCC. The highest BCUT2D eigenvalue weighted by atomic mass is 31.2. The van der Waals surface area contributed by atoms with Crippen LogP contribution < -0.4 is 4.74 Å². The number of rotatable bonds is 34. The third kappa shape index (κ3) is 24.8. The second-order valence-corrected chi connectivity index (χ2v) is 16.1. The van der Waals surface area contributed by atoms with Gasteiger partial charge in [-0.15, -0.1) is 0 Å². The van der Waals surface area contributed by atoms with Gasteiger partial charge in [0.1, 0.15) is 11.5 Å². The first-order valence-electron chi connectivity index (χ1n) is 19.8. The number of Topliss-reactive ketones (excluding diaryl/α,β-unsaturated/α-hetero) is 1. The van der Waals surface area contributed by atoms with Crippen molar-refractivity contribution in [2.75, 3.05) is 47.0 Å². The molecule has 0 fully saturated rings. The van der Waals surface area contributed by atoms with E-state index in [1.54, 1.807) is 0 Å². The third-order valence-corrected chi connectivity index (χ3v) is 10.5. The van der Waals surface area contributed by atoms with Crippen LogP contribution in [0, 0.1) is 5.92 Å². The molecule has 0 radical (unpaired) electrons. The molecule has 1 N–H and O–H groups in total. The number of ether oxygens (including phenoxy) is 1. The molecule has 0 aliphatic carbocycles. The fourth-order valence-corrected chi connectivity index (χ4v) is 6.90. The number of hydrogen-bond donors (Lipinski definition) is 1. The lowest BCUT2D eigenvalue weighted by Crippen LogP contribution is -2.39. The topological polar surface area (TPSA) is 82.1 Å². The summed E-state index contributed by atoms with van der Waals surface area (Å²) in [5.41, 5.74) is 0.997. The average Bonchev–Trinajstić information content (AvgIpc) is 3.05. The average molecular weight is 697 g/mol. The predicted molar refractivity (Wildman–Crippen MR) is 202 cm³/mol. The van der Waals surface area contributed by atoms with Crippen LogP contribution in [-0.4, -0.2) is 62.2 Å². The normalized spacial score (nSPS) is 13.8. The van der Waals surface area contributed by atoms with E-state index in [1.165, 1.54) is 96.3 Å². The number of carbonyl (C=O) groups is 1. The zero-order valence-corrected chi connectivity index (χ0v) is 32.8. The Balaban J connectivity index is 2.38. The molecule has 0 amide bonds. The molecule has 0 saturated heterocycles. The first-order chi connectivity index (χ1) is 23.1. The molecule has 0 aliphatic heterocycles. The van der Waals surface area contributed by atoms with Gasteiger partial charge in [-0.25, -0.2) is 4.57 Å². The van der Waals surface area contributed by atoms with Crippen LogP contribution in [0.15, 0.2) is 24.3 Å². The van der Waals surface area contributed by atoms with Crippen LogP contribution in [0.1, 0.15) is 161 Å². The monoisotopic (exact) mass is 697 g/mol. The number of nitrogens with zero attached hydrogens (tertiary/aromatic N) is 1. The van der Waals surface area contributed by atoms with Crippen molar-refractivity contribution in [3.05, 3.63) is 29.8 Å². The van der Waals surface area contributed by atoms with Crippen molar-refractivity contribution in [3.63, 3.8) is 0 Å². The summed E-state index contributed by atoms with van der Waals surface area (Å²) < 4.78 is 30.5. The highest BCUT2D eigenvalue weighted by Crippen LogP contribution is 2.44. The fraction of sp³-hybridized carbons (Fsp3) is 0.825. The van der Waals surface area contributed by atoms with Crippen molar-refractivity contribution in [2.45, 2.75) is 162 Å². The van der Waals surface area contributed by atoms with E-state index in [4.69, 9.17) is 13.8 Å². The summed E-state index contributed by atoms with van der Waals surface area (Å²) in [6, 6.07) is 7.94. The molecule has 1 aromatic rings. The number of ketones is 1. The largest absolute Gasteiger partial charge is 0.493 e. The summed E-state index contributed by atoms with van der Waals surface area (Å²) in [6.07, 6.45) is 25.2. The molecule has 0 bridgehead atoms. The minimum absolute atomic E-state index is 0.0174. The summed E-state index contributed by atoms with van der Waals surface area (Å²) in [5.74, 6) is 0.724. The van der Waals surface area contributed by atoms with Crippen molar-refractivity contribution in [1.29, 1.82) is 0 Å². The molecule has 280 valence electrons. The molecule has 1 rings (SSSR count). The van der Waals surface area contributed by atoms with Crippen molar-refractivity contribution in [2.24, 2.45) is 5.92 Å². The number of hydrogen-bond acceptors (Lipinski definition) is 5. The van der Waals surface area contributed by atoms with Crippen LogP contribution in [0.25, 0.3) is 0 Å². The van der Waals surface area contributed by atoms with Crippen LogP contribution in [-0.2, 0) is 24.8 Å². The van der Waals surface area contributed by atoms with Gasteiger partial charge in [0.05, 0.1) is 47.0 Å². The van der Waals surface area contributed by atoms with Crippen molar-refractivity contribution in [1.82, 2.24) is 0 Å². The smallest absolute Gasteiger partial charge is 0.472 e. The molecule has 2 unspecified atom stereocenters. The van der Waals surface area contributed by atoms with E-state index in [1.807, 2.05) is 31.2 Å². The third-order valence-electron chi connectivity index (χ3n) is 9.52. The maximum atomic E-state index is 12.6. The zero-order chi connectivity index (χ0) is 35.4. The summed E-state index contributed by atoms with van der Waals surface area (Å²) in [7, 11) is 0.139. The second-order valence-electron chi connectivity index (χ2n) is 14.6. The van der Waals surface area contributed by atoms with Crippen LogP contribution in [0.4, 0.5) is 0 Å². The van der Waals surface area contributed by atoms with Gasteiger partial charge in [0, 0.05) is 12.8 Å². The highest BCUT2D eigenvalue weighted by Gasteiger charge is 2.25. The van der Waals surface area contributed by atoms with E-state index < -0.39 is 7.82 Å². The molecule has 48 heavy (non-hydrogen) atoms. The molecular weight excluding hydrogens is 621 g/mol. The van der Waals surface area contributed by atoms with Gasteiger partial charge in [-0.3, -0.25) is 13.8 Å². The van der Waals surface area contributed by atoms with E-state index in [-0.39, 0.29) is 24.9 Å². The first-order valence-corrected chi connectivity index (χ1v) is 21.3.